The summed E-state index contributed by atoms with van der Waals surface area (Å²) in [5.74, 6) is 1.60. The number of aromatic nitrogens is 16. The molecule has 0 radical (unpaired) electrons. The van der Waals surface area contributed by atoms with Crippen LogP contribution in [0.3, 0.4) is 0 Å². The Morgan fingerprint density at radius 2 is 0.742 bits per heavy atom. The first kappa shape index (κ1) is 57.6. The van der Waals surface area contributed by atoms with Gasteiger partial charge in [0.15, 0.2) is 45.9 Å². The summed E-state index contributed by atoms with van der Waals surface area (Å²) < 4.78 is 7.52. The maximum atomic E-state index is 12.0. The number of pyridine rings is 4. The van der Waals surface area contributed by atoms with Crippen molar-refractivity contribution >= 4 is 79.3 Å². The molecule has 0 saturated carbocycles. The highest BCUT2D eigenvalue weighted by Crippen LogP contribution is 2.34. The van der Waals surface area contributed by atoms with Crippen molar-refractivity contribution in [3.8, 4) is 78.4 Å². The van der Waals surface area contributed by atoms with Crippen molar-refractivity contribution in [2.45, 2.75) is 0 Å². The van der Waals surface area contributed by atoms with E-state index in [2.05, 4.69) is 76.2 Å². The second-order valence-corrected chi connectivity index (χ2v) is 21.2. The number of halogens is 2. The van der Waals surface area contributed by atoms with Crippen LogP contribution >= 0.6 is 27.5 Å². The lowest BCUT2D eigenvalue weighted by Crippen LogP contribution is -2.21. The molecule has 12 aromatic heterocycles. The molecular formula is C65H51BrClN21O. The zero-order valence-electron chi connectivity index (χ0n) is 47.4. The van der Waals surface area contributed by atoms with Crippen LogP contribution in [0.2, 0.25) is 5.02 Å². The molecule has 436 valence electrons. The highest BCUT2D eigenvalue weighted by atomic mass is 79.9. The van der Waals surface area contributed by atoms with Crippen LogP contribution < -0.4 is 22.9 Å². The number of benzene rings is 3. The normalized spacial score (nSPS) is 10.9. The summed E-state index contributed by atoms with van der Waals surface area (Å²) in [5, 5.41) is 18.0. The van der Waals surface area contributed by atoms with Crippen LogP contribution in [0.25, 0.3) is 101 Å². The highest BCUT2D eigenvalue weighted by Gasteiger charge is 2.20. The Labute approximate surface area is 521 Å². The van der Waals surface area contributed by atoms with Gasteiger partial charge in [0.2, 0.25) is 0 Å². The zero-order valence-corrected chi connectivity index (χ0v) is 49.8. The highest BCUT2D eigenvalue weighted by molar-refractivity contribution is 9.10. The summed E-state index contributed by atoms with van der Waals surface area (Å²) >= 11 is 9.59. The third kappa shape index (κ3) is 12.2. The number of nitrogens with two attached hydrogens (primary N) is 4. The van der Waals surface area contributed by atoms with Crippen LogP contribution in [0.15, 0.2) is 230 Å². The number of amides is 1. The number of fused-ring (bicyclic) bond motifs is 4. The van der Waals surface area contributed by atoms with E-state index < -0.39 is 0 Å². The van der Waals surface area contributed by atoms with Crippen molar-refractivity contribution in [1.82, 2.24) is 83.2 Å². The lowest BCUT2D eigenvalue weighted by molar-refractivity contribution is 0.0827. The fraction of sp³-hybridized carbons (Fsp3) is 0.0308. The Balaban J connectivity index is 0.000000117. The van der Waals surface area contributed by atoms with E-state index in [0.717, 1.165) is 77.3 Å². The first-order valence-electron chi connectivity index (χ1n) is 27.4. The molecule has 0 bridgehead atoms. The Morgan fingerprint density at radius 3 is 1.13 bits per heavy atom. The number of hydrogen-bond donors (Lipinski definition) is 4. The Bertz CT molecular complexity index is 4970. The predicted molar refractivity (Wildman–Crippen MR) is 350 cm³/mol. The molecule has 15 rings (SSSR count). The van der Waals surface area contributed by atoms with E-state index in [1.165, 1.54) is 0 Å². The summed E-state index contributed by atoms with van der Waals surface area (Å²) in [7, 11) is 3.46. The number of hydrogen-bond acceptors (Lipinski definition) is 17. The first-order valence-corrected chi connectivity index (χ1v) is 28.5. The molecule has 0 saturated heterocycles. The van der Waals surface area contributed by atoms with Gasteiger partial charge in [0.05, 0.1) is 49.5 Å². The van der Waals surface area contributed by atoms with Crippen molar-refractivity contribution < 1.29 is 4.79 Å². The van der Waals surface area contributed by atoms with E-state index in [4.69, 9.17) is 34.5 Å². The minimum Gasteiger partial charge on any atom is -0.382 e. The average molecular weight is 1260 g/mol. The topological polar surface area (TPSA) is 297 Å². The first-order chi connectivity index (χ1) is 43.4. The Morgan fingerprint density at radius 1 is 0.393 bits per heavy atom. The molecule has 24 heteroatoms. The van der Waals surface area contributed by atoms with Gasteiger partial charge < -0.3 is 27.8 Å². The quantitative estimate of drug-likeness (QED) is 0.110. The third-order valence-corrected chi connectivity index (χ3v) is 14.6. The van der Waals surface area contributed by atoms with Crippen molar-refractivity contribution in [2.24, 2.45) is 0 Å². The van der Waals surface area contributed by atoms with Gasteiger partial charge in [-0.15, -0.1) is 20.4 Å². The van der Waals surface area contributed by atoms with E-state index >= 15 is 0 Å². The summed E-state index contributed by atoms with van der Waals surface area (Å²) in [5.41, 5.74) is 39.2. The summed E-state index contributed by atoms with van der Waals surface area (Å²) in [4.78, 5) is 48.8. The largest absolute Gasteiger partial charge is 0.382 e. The zero-order chi connectivity index (χ0) is 61.5. The number of nitrogen functional groups attached to an aromatic ring is 4. The van der Waals surface area contributed by atoms with Crippen LogP contribution in [-0.4, -0.2) is 103 Å². The maximum absolute atomic E-state index is 12.0. The Kier molecular flexibility index (Phi) is 16.4. The smallest absolute Gasteiger partial charge is 0.253 e. The van der Waals surface area contributed by atoms with Gasteiger partial charge in [-0.05, 0) is 93.8 Å². The van der Waals surface area contributed by atoms with Crippen LogP contribution in [0, 0.1) is 0 Å². The van der Waals surface area contributed by atoms with Crippen LogP contribution in [0.5, 0.6) is 0 Å². The van der Waals surface area contributed by atoms with Crippen molar-refractivity contribution in [1.29, 1.82) is 0 Å². The molecule has 0 atom stereocenters. The number of rotatable bonds is 8. The standard InChI is InChI=1S/C20H18N6O.C17H12ClN5.C17H13N5.C11H8BrN5/c1-25(2)20(27)14-8-6-13(7-9-14)15-11-23-19-17(16-5-3-4-10-22-16)18(21)24-26(19)12-15;18-13-6-2-1-5-12(13)11-9-21-17-15(14-7-3-4-8-20-14)16(19)22-23(17)10-11;18-16-15(14-8-4-5-9-19-14)17-20-10-13(11-22(17)21-16)12-6-2-1-3-7-12;12-7-5-15-11-9(8-3-1-2-4-14-8)10(13)16-17(11)6-7/h3-12H,1-2H3,(H2,21,24);1-10H,(H2,19,22);1-11H,(H2,18,21);1-6H,(H2,13,16). The van der Waals surface area contributed by atoms with Crippen molar-refractivity contribution in [3.05, 3.63) is 241 Å². The van der Waals surface area contributed by atoms with E-state index in [0.29, 0.717) is 62.0 Å². The van der Waals surface area contributed by atoms with Crippen LogP contribution in [-0.2, 0) is 0 Å². The molecule has 89 heavy (non-hydrogen) atoms. The monoisotopic (exact) mass is 1260 g/mol. The fourth-order valence-electron chi connectivity index (χ4n) is 9.64. The molecule has 8 N–H and O–H groups in total. The molecule has 22 nitrogen and oxygen atoms in total. The van der Waals surface area contributed by atoms with Gasteiger partial charge in [0.25, 0.3) is 5.91 Å². The van der Waals surface area contributed by atoms with Gasteiger partial charge in [-0.3, -0.25) is 24.7 Å². The molecule has 3 aromatic carbocycles. The van der Waals surface area contributed by atoms with Gasteiger partial charge in [-0.1, -0.05) is 96.5 Å². The molecule has 0 aliphatic rings. The molecule has 1 amide bonds. The van der Waals surface area contributed by atoms with Gasteiger partial charge in [0, 0.05) is 121 Å². The number of anilines is 4. The molecule has 0 fully saturated rings. The van der Waals surface area contributed by atoms with Crippen LogP contribution in [0.4, 0.5) is 23.3 Å². The third-order valence-electron chi connectivity index (χ3n) is 13.8. The molecule has 0 aliphatic carbocycles. The van der Waals surface area contributed by atoms with Crippen molar-refractivity contribution in [2.75, 3.05) is 37.0 Å². The lowest BCUT2D eigenvalue weighted by Gasteiger charge is -2.10. The van der Waals surface area contributed by atoms with E-state index in [9.17, 15) is 4.79 Å². The van der Waals surface area contributed by atoms with Crippen molar-refractivity contribution in [3.63, 3.8) is 0 Å². The average Bonchev–Trinajstić information content (AvgIpc) is 2.27. The maximum Gasteiger partial charge on any atom is 0.253 e. The molecule has 0 spiro atoms. The summed E-state index contributed by atoms with van der Waals surface area (Å²) in [6.45, 7) is 0. The van der Waals surface area contributed by atoms with Crippen LogP contribution in [0.1, 0.15) is 10.4 Å². The molecule has 15 aromatic rings. The Hall–Kier alpha value is -11.8. The lowest BCUT2D eigenvalue weighted by atomic mass is 10.1. The summed E-state index contributed by atoms with van der Waals surface area (Å²) in [6, 6.07) is 47.7. The van der Waals surface area contributed by atoms with Gasteiger partial charge >= 0.3 is 0 Å². The number of nitrogens with zero attached hydrogens (tertiary/aromatic N) is 17. The number of carbonyl (C=O) groups is 1. The van der Waals surface area contributed by atoms with Gasteiger partial charge in [0.1, 0.15) is 0 Å². The minimum absolute atomic E-state index is 0.0324. The van der Waals surface area contributed by atoms with Gasteiger partial charge in [-0.2, -0.15) is 0 Å². The van der Waals surface area contributed by atoms with E-state index in [-0.39, 0.29) is 5.91 Å². The fourth-order valence-corrected chi connectivity index (χ4v) is 10.2. The van der Waals surface area contributed by atoms with Gasteiger partial charge in [-0.25, -0.2) is 38.0 Å². The molecule has 0 unspecified atom stereocenters. The predicted octanol–water partition coefficient (Wildman–Crippen LogP) is 11.6. The SMILES string of the molecule is CN(C)C(=O)c1ccc(-c2cnc3c(-c4ccccn4)c(N)nn3c2)cc1.Nc1nn2cc(-c3ccccc3)cnc2c1-c1ccccn1.Nc1nn2cc(-c3ccccc3Cl)cnc2c1-c1ccccn1.Nc1nn2cc(Br)cnc2c1-c1ccccn1. The second kappa shape index (κ2) is 25.4. The number of carbonyl (C=O) groups excluding carboxylic acids is 1. The summed E-state index contributed by atoms with van der Waals surface area (Å²) in [6.07, 6.45) is 21.4. The van der Waals surface area contributed by atoms with E-state index in [1.807, 2.05) is 171 Å². The second-order valence-electron chi connectivity index (χ2n) is 19.9. The molecule has 12 heterocycles. The van der Waals surface area contributed by atoms with E-state index in [1.54, 1.807) is 92.6 Å². The molecule has 0 aliphatic heterocycles. The minimum atomic E-state index is -0.0324. The molecular weight excluding hydrogens is 1210 g/mol.